The molecule has 0 unspecified atom stereocenters. The van der Waals surface area contributed by atoms with Crippen LogP contribution in [-0.2, 0) is 4.79 Å². The van der Waals surface area contributed by atoms with Crippen molar-refractivity contribution in [2.24, 2.45) is 0 Å². The SMILES string of the molecule is O=C(O)/C=C/COc1cccc2cccnc12. The van der Waals surface area contributed by atoms with Gasteiger partial charge in [-0.3, -0.25) is 4.98 Å². The van der Waals surface area contributed by atoms with Gasteiger partial charge in [0, 0.05) is 17.7 Å². The first-order chi connectivity index (χ1) is 8.27. The van der Waals surface area contributed by atoms with E-state index in [-0.39, 0.29) is 6.61 Å². The van der Waals surface area contributed by atoms with Crippen LogP contribution in [0.2, 0.25) is 0 Å². The number of hydrogen-bond donors (Lipinski definition) is 1. The van der Waals surface area contributed by atoms with Crippen molar-refractivity contribution < 1.29 is 14.6 Å². The predicted octanol–water partition coefficient (Wildman–Crippen LogP) is 2.25. The first kappa shape index (κ1) is 11.1. The van der Waals surface area contributed by atoms with E-state index in [1.807, 2.05) is 30.3 Å². The topological polar surface area (TPSA) is 59.4 Å². The first-order valence-corrected chi connectivity index (χ1v) is 5.13. The molecule has 0 aliphatic carbocycles. The summed E-state index contributed by atoms with van der Waals surface area (Å²) in [6, 6.07) is 9.44. The Morgan fingerprint density at radius 1 is 1.35 bits per heavy atom. The number of ether oxygens (including phenoxy) is 1. The number of nitrogens with zero attached hydrogens (tertiary/aromatic N) is 1. The zero-order valence-electron chi connectivity index (χ0n) is 9.04. The van der Waals surface area contributed by atoms with Gasteiger partial charge in [0.25, 0.3) is 0 Å². The minimum atomic E-state index is -0.982. The molecule has 4 nitrogen and oxygen atoms in total. The van der Waals surface area contributed by atoms with Crippen LogP contribution in [0.15, 0.2) is 48.7 Å². The lowest BCUT2D eigenvalue weighted by atomic mass is 10.2. The first-order valence-electron chi connectivity index (χ1n) is 5.13. The maximum atomic E-state index is 10.3. The predicted molar refractivity (Wildman–Crippen MR) is 64.0 cm³/mol. The molecular formula is C13H11NO3. The zero-order chi connectivity index (χ0) is 12.1. The Balaban J connectivity index is 2.16. The number of aromatic nitrogens is 1. The molecule has 0 aliphatic heterocycles. The average Bonchev–Trinajstić information content (AvgIpc) is 2.34. The number of aliphatic carboxylic acids is 1. The van der Waals surface area contributed by atoms with Gasteiger partial charge in [-0.25, -0.2) is 4.79 Å². The van der Waals surface area contributed by atoms with Crippen molar-refractivity contribution >= 4 is 16.9 Å². The number of rotatable bonds is 4. The molecule has 0 fully saturated rings. The van der Waals surface area contributed by atoms with Crippen molar-refractivity contribution in [2.45, 2.75) is 0 Å². The number of pyridine rings is 1. The van der Waals surface area contributed by atoms with Crippen LogP contribution < -0.4 is 4.74 Å². The van der Waals surface area contributed by atoms with Gasteiger partial charge in [0.15, 0.2) is 0 Å². The van der Waals surface area contributed by atoms with Crippen molar-refractivity contribution in [2.75, 3.05) is 6.61 Å². The van der Waals surface area contributed by atoms with Gasteiger partial charge < -0.3 is 9.84 Å². The third kappa shape index (κ3) is 2.81. The summed E-state index contributed by atoms with van der Waals surface area (Å²) in [4.78, 5) is 14.5. The van der Waals surface area contributed by atoms with Gasteiger partial charge in [0.05, 0.1) is 0 Å². The summed E-state index contributed by atoms with van der Waals surface area (Å²) >= 11 is 0. The molecule has 0 spiro atoms. The summed E-state index contributed by atoms with van der Waals surface area (Å²) in [6.45, 7) is 0.210. The van der Waals surface area contributed by atoms with Gasteiger partial charge in [-0.2, -0.15) is 0 Å². The summed E-state index contributed by atoms with van der Waals surface area (Å²) in [7, 11) is 0. The van der Waals surface area contributed by atoms with Gasteiger partial charge in [-0.15, -0.1) is 0 Å². The summed E-state index contributed by atoms with van der Waals surface area (Å²) < 4.78 is 5.46. The van der Waals surface area contributed by atoms with E-state index in [4.69, 9.17) is 9.84 Å². The van der Waals surface area contributed by atoms with E-state index in [1.54, 1.807) is 6.20 Å². The molecule has 4 heteroatoms. The van der Waals surface area contributed by atoms with E-state index in [0.717, 1.165) is 17.0 Å². The van der Waals surface area contributed by atoms with Gasteiger partial charge in [0.1, 0.15) is 17.9 Å². The molecule has 1 aromatic heterocycles. The van der Waals surface area contributed by atoms with Crippen molar-refractivity contribution in [1.29, 1.82) is 0 Å². The molecule has 0 radical (unpaired) electrons. The molecule has 17 heavy (non-hydrogen) atoms. The van der Waals surface area contributed by atoms with Crippen LogP contribution in [-0.4, -0.2) is 22.7 Å². The van der Waals surface area contributed by atoms with E-state index in [0.29, 0.717) is 5.75 Å². The second kappa shape index (κ2) is 5.12. The molecule has 0 saturated carbocycles. The summed E-state index contributed by atoms with van der Waals surface area (Å²) in [5.41, 5.74) is 0.777. The van der Waals surface area contributed by atoms with Gasteiger partial charge in [-0.05, 0) is 18.2 Å². The van der Waals surface area contributed by atoms with E-state index >= 15 is 0 Å². The third-order valence-electron chi connectivity index (χ3n) is 2.19. The van der Waals surface area contributed by atoms with Gasteiger partial charge >= 0.3 is 5.97 Å². The fraction of sp³-hybridized carbons (Fsp3) is 0.0769. The van der Waals surface area contributed by atoms with Crippen LogP contribution in [0.4, 0.5) is 0 Å². The smallest absolute Gasteiger partial charge is 0.328 e. The lowest BCUT2D eigenvalue weighted by molar-refractivity contribution is -0.131. The number of carboxylic acids is 1. The fourth-order valence-electron chi connectivity index (χ4n) is 1.48. The Morgan fingerprint density at radius 2 is 2.18 bits per heavy atom. The van der Waals surface area contributed by atoms with Crippen LogP contribution in [0.5, 0.6) is 5.75 Å². The van der Waals surface area contributed by atoms with Crippen LogP contribution >= 0.6 is 0 Å². The number of benzene rings is 1. The van der Waals surface area contributed by atoms with Crippen LogP contribution in [0, 0.1) is 0 Å². The number of carboxylic acid groups (broad SMARTS) is 1. The lowest BCUT2D eigenvalue weighted by Gasteiger charge is -2.05. The molecule has 0 bridgehead atoms. The monoisotopic (exact) mass is 229 g/mol. The quantitative estimate of drug-likeness (QED) is 0.817. The number of fused-ring (bicyclic) bond motifs is 1. The van der Waals surface area contributed by atoms with Crippen LogP contribution in [0.1, 0.15) is 0 Å². The standard InChI is InChI=1S/C13H11NO3/c15-12(16)7-3-9-17-11-6-1-4-10-5-2-8-14-13(10)11/h1-8H,9H2,(H,15,16)/b7-3+. The van der Waals surface area contributed by atoms with Crippen molar-refractivity contribution in [1.82, 2.24) is 4.98 Å². The van der Waals surface area contributed by atoms with E-state index in [1.165, 1.54) is 6.08 Å². The molecule has 86 valence electrons. The normalized spacial score (nSPS) is 10.8. The van der Waals surface area contributed by atoms with Crippen LogP contribution in [0.25, 0.3) is 10.9 Å². The molecule has 0 saturated heterocycles. The molecule has 0 atom stereocenters. The lowest BCUT2D eigenvalue weighted by Crippen LogP contribution is -1.96. The Labute approximate surface area is 98.2 Å². The summed E-state index contributed by atoms with van der Waals surface area (Å²) in [6.07, 6.45) is 4.20. The van der Waals surface area contributed by atoms with Crippen molar-refractivity contribution in [3.05, 3.63) is 48.7 Å². The van der Waals surface area contributed by atoms with Crippen molar-refractivity contribution in [3.8, 4) is 5.75 Å². The molecule has 0 aliphatic rings. The van der Waals surface area contributed by atoms with E-state index in [2.05, 4.69) is 4.98 Å². The zero-order valence-corrected chi connectivity index (χ0v) is 9.04. The largest absolute Gasteiger partial charge is 0.487 e. The minimum absolute atomic E-state index is 0.210. The highest BCUT2D eigenvalue weighted by molar-refractivity contribution is 5.84. The van der Waals surface area contributed by atoms with Crippen LogP contribution in [0.3, 0.4) is 0 Å². The fourth-order valence-corrected chi connectivity index (χ4v) is 1.48. The van der Waals surface area contributed by atoms with E-state index < -0.39 is 5.97 Å². The molecule has 2 rings (SSSR count). The Bertz CT molecular complexity index is 558. The minimum Gasteiger partial charge on any atom is -0.487 e. The molecule has 2 aromatic rings. The highest BCUT2D eigenvalue weighted by Gasteiger charge is 2.01. The molecule has 1 aromatic carbocycles. The number of para-hydroxylation sites is 1. The molecule has 0 amide bonds. The van der Waals surface area contributed by atoms with Crippen molar-refractivity contribution in [3.63, 3.8) is 0 Å². The Kier molecular flexibility index (Phi) is 3.35. The van der Waals surface area contributed by atoms with E-state index in [9.17, 15) is 4.79 Å². The summed E-state index contributed by atoms with van der Waals surface area (Å²) in [5.74, 6) is -0.331. The second-order valence-corrected chi connectivity index (χ2v) is 3.38. The highest BCUT2D eigenvalue weighted by Crippen LogP contribution is 2.22. The third-order valence-corrected chi connectivity index (χ3v) is 2.19. The van der Waals surface area contributed by atoms with Gasteiger partial charge in [-0.1, -0.05) is 18.2 Å². The average molecular weight is 229 g/mol. The maximum Gasteiger partial charge on any atom is 0.328 e. The second-order valence-electron chi connectivity index (χ2n) is 3.38. The molecule has 1 N–H and O–H groups in total. The molecule has 1 heterocycles. The summed E-state index contributed by atoms with van der Waals surface area (Å²) in [5, 5.41) is 9.42. The van der Waals surface area contributed by atoms with Gasteiger partial charge in [0.2, 0.25) is 0 Å². The number of hydrogen-bond acceptors (Lipinski definition) is 3. The Morgan fingerprint density at radius 3 is 3.00 bits per heavy atom. The number of carbonyl (C=O) groups is 1. The molecular weight excluding hydrogens is 218 g/mol. The highest BCUT2D eigenvalue weighted by atomic mass is 16.5. The maximum absolute atomic E-state index is 10.3. The Hall–Kier alpha value is -2.36.